The smallest absolute Gasteiger partial charge is 0.159 e. The van der Waals surface area contributed by atoms with Crippen molar-refractivity contribution in [2.75, 3.05) is 19.6 Å². The van der Waals surface area contributed by atoms with Gasteiger partial charge >= 0.3 is 0 Å². The van der Waals surface area contributed by atoms with E-state index in [1.165, 1.54) is 43.5 Å². The number of nitrogens with one attached hydrogen (secondary N) is 1. The highest BCUT2D eigenvalue weighted by molar-refractivity contribution is 5.93. The zero-order valence-corrected chi connectivity index (χ0v) is 16.2. The molecule has 2 aromatic carbocycles. The van der Waals surface area contributed by atoms with Gasteiger partial charge in [0.1, 0.15) is 0 Å². The van der Waals surface area contributed by atoms with Gasteiger partial charge in [-0.05, 0) is 62.9 Å². The van der Waals surface area contributed by atoms with Crippen LogP contribution in [0.15, 0.2) is 54.6 Å². The summed E-state index contributed by atoms with van der Waals surface area (Å²) in [5.74, 6) is 1.67. The zero-order valence-electron chi connectivity index (χ0n) is 16.2. The second kappa shape index (κ2) is 8.37. The summed E-state index contributed by atoms with van der Waals surface area (Å²) in [6.45, 7) is 6.13. The first-order chi connectivity index (χ1) is 13.2. The summed E-state index contributed by atoms with van der Waals surface area (Å²) in [6, 6.07) is 19.7. The number of piperidine rings is 1. The molecule has 1 heterocycles. The van der Waals surface area contributed by atoms with Crippen molar-refractivity contribution >= 4 is 5.78 Å². The molecule has 1 N–H and O–H groups in total. The Labute approximate surface area is 162 Å². The summed E-state index contributed by atoms with van der Waals surface area (Å²) in [6.07, 6.45) is 3.85. The SMILES string of the molecule is CC(=O)c1ccc(CN2CCC(CN[C@@H]3CC3c3ccccc3)CC2)cc1. The Morgan fingerprint density at radius 1 is 1.04 bits per heavy atom. The van der Waals surface area contributed by atoms with Crippen LogP contribution in [0.4, 0.5) is 0 Å². The van der Waals surface area contributed by atoms with E-state index >= 15 is 0 Å². The van der Waals surface area contributed by atoms with E-state index in [2.05, 4.69) is 52.7 Å². The average Bonchev–Trinajstić information content (AvgIpc) is 3.48. The molecule has 0 amide bonds. The molecular weight excluding hydrogens is 332 g/mol. The van der Waals surface area contributed by atoms with Crippen LogP contribution in [0, 0.1) is 5.92 Å². The van der Waals surface area contributed by atoms with Crippen LogP contribution in [-0.4, -0.2) is 36.4 Å². The van der Waals surface area contributed by atoms with Crippen molar-refractivity contribution in [3.63, 3.8) is 0 Å². The number of carbonyl (C=O) groups is 1. The number of rotatable bonds is 7. The first kappa shape index (κ1) is 18.4. The highest BCUT2D eigenvalue weighted by Gasteiger charge is 2.38. The molecule has 142 valence electrons. The van der Waals surface area contributed by atoms with Gasteiger partial charge in [0, 0.05) is 24.1 Å². The molecule has 0 aromatic heterocycles. The van der Waals surface area contributed by atoms with Crippen molar-refractivity contribution in [2.24, 2.45) is 5.92 Å². The Kier molecular flexibility index (Phi) is 5.70. The first-order valence-electron chi connectivity index (χ1n) is 10.3. The van der Waals surface area contributed by atoms with Crippen LogP contribution in [0.1, 0.15) is 53.6 Å². The summed E-state index contributed by atoms with van der Waals surface area (Å²) in [7, 11) is 0. The molecule has 0 radical (unpaired) electrons. The minimum Gasteiger partial charge on any atom is -0.313 e. The Hall–Kier alpha value is -1.97. The van der Waals surface area contributed by atoms with Crippen LogP contribution in [0.3, 0.4) is 0 Å². The standard InChI is InChI=1S/C24H30N2O/c1-18(27)21-9-7-20(8-10-21)17-26-13-11-19(12-14-26)16-25-24-15-23(24)22-5-3-2-4-6-22/h2-10,19,23-25H,11-17H2,1H3/t23?,24-/m1/s1. The Morgan fingerprint density at radius 2 is 1.74 bits per heavy atom. The largest absolute Gasteiger partial charge is 0.313 e. The van der Waals surface area contributed by atoms with Gasteiger partial charge in [0.15, 0.2) is 5.78 Å². The molecule has 2 fully saturated rings. The van der Waals surface area contributed by atoms with E-state index in [0.717, 1.165) is 30.5 Å². The molecule has 3 nitrogen and oxygen atoms in total. The van der Waals surface area contributed by atoms with Gasteiger partial charge in [-0.1, -0.05) is 54.6 Å². The first-order valence-corrected chi connectivity index (χ1v) is 10.3. The molecule has 1 aliphatic heterocycles. The van der Waals surface area contributed by atoms with Crippen molar-refractivity contribution in [1.29, 1.82) is 0 Å². The fourth-order valence-electron chi connectivity index (χ4n) is 4.26. The van der Waals surface area contributed by atoms with Gasteiger partial charge in [0.25, 0.3) is 0 Å². The predicted octanol–water partition coefficient (Wildman–Crippen LogP) is 4.25. The predicted molar refractivity (Wildman–Crippen MR) is 110 cm³/mol. The zero-order chi connectivity index (χ0) is 18.6. The van der Waals surface area contributed by atoms with Crippen LogP contribution in [0.5, 0.6) is 0 Å². The summed E-state index contributed by atoms with van der Waals surface area (Å²) in [5, 5.41) is 3.81. The van der Waals surface area contributed by atoms with E-state index in [1.54, 1.807) is 6.92 Å². The second-order valence-corrected chi connectivity index (χ2v) is 8.24. The number of Topliss-reactive ketones (excluding diaryl/α,β-unsaturated/α-hetero) is 1. The molecule has 1 unspecified atom stereocenters. The summed E-state index contributed by atoms with van der Waals surface area (Å²) in [5.41, 5.74) is 3.60. The molecule has 0 bridgehead atoms. The molecule has 3 heteroatoms. The molecule has 2 atom stereocenters. The van der Waals surface area contributed by atoms with Crippen molar-refractivity contribution in [3.8, 4) is 0 Å². The van der Waals surface area contributed by atoms with Gasteiger partial charge < -0.3 is 5.32 Å². The van der Waals surface area contributed by atoms with Gasteiger partial charge in [0.05, 0.1) is 0 Å². The number of ketones is 1. The minimum atomic E-state index is 0.139. The van der Waals surface area contributed by atoms with Gasteiger partial charge in [-0.2, -0.15) is 0 Å². The maximum atomic E-state index is 11.4. The maximum Gasteiger partial charge on any atom is 0.159 e. The number of nitrogens with zero attached hydrogens (tertiary/aromatic N) is 1. The molecule has 0 spiro atoms. The molecule has 1 saturated carbocycles. The van der Waals surface area contributed by atoms with Crippen LogP contribution < -0.4 is 5.32 Å². The average molecular weight is 363 g/mol. The minimum absolute atomic E-state index is 0.139. The number of likely N-dealkylation sites (tertiary alicyclic amines) is 1. The third kappa shape index (κ3) is 4.85. The number of hydrogen-bond acceptors (Lipinski definition) is 3. The van der Waals surface area contributed by atoms with Crippen molar-refractivity contribution in [1.82, 2.24) is 10.2 Å². The Morgan fingerprint density at radius 3 is 2.41 bits per heavy atom. The normalized spacial score (nSPS) is 23.3. The number of benzene rings is 2. The quantitative estimate of drug-likeness (QED) is 0.748. The molecule has 2 aromatic rings. The lowest BCUT2D eigenvalue weighted by molar-refractivity contribution is 0.101. The molecule has 2 aliphatic rings. The fraction of sp³-hybridized carbons (Fsp3) is 0.458. The van der Waals surface area contributed by atoms with Gasteiger partial charge in [0.2, 0.25) is 0 Å². The van der Waals surface area contributed by atoms with E-state index < -0.39 is 0 Å². The molecule has 27 heavy (non-hydrogen) atoms. The molecule has 4 rings (SSSR count). The van der Waals surface area contributed by atoms with Crippen LogP contribution in [0.2, 0.25) is 0 Å². The third-order valence-electron chi connectivity index (χ3n) is 6.16. The fourth-order valence-corrected chi connectivity index (χ4v) is 4.26. The van der Waals surface area contributed by atoms with E-state index in [4.69, 9.17) is 0 Å². The van der Waals surface area contributed by atoms with Gasteiger partial charge in [-0.15, -0.1) is 0 Å². The molecular formula is C24H30N2O. The Balaban J connectivity index is 1.17. The highest BCUT2D eigenvalue weighted by Crippen LogP contribution is 2.40. The topological polar surface area (TPSA) is 32.3 Å². The van der Waals surface area contributed by atoms with Gasteiger partial charge in [-0.25, -0.2) is 0 Å². The van der Waals surface area contributed by atoms with E-state index in [0.29, 0.717) is 6.04 Å². The van der Waals surface area contributed by atoms with Crippen molar-refractivity contribution in [3.05, 3.63) is 71.3 Å². The van der Waals surface area contributed by atoms with Crippen molar-refractivity contribution in [2.45, 2.75) is 44.7 Å². The monoisotopic (exact) mass is 362 g/mol. The highest BCUT2D eigenvalue weighted by atomic mass is 16.1. The van der Waals surface area contributed by atoms with Gasteiger partial charge in [-0.3, -0.25) is 9.69 Å². The third-order valence-corrected chi connectivity index (χ3v) is 6.16. The van der Waals surface area contributed by atoms with Crippen LogP contribution in [-0.2, 0) is 6.54 Å². The lowest BCUT2D eigenvalue weighted by Crippen LogP contribution is -2.37. The van der Waals surface area contributed by atoms with E-state index in [1.807, 2.05) is 12.1 Å². The number of hydrogen-bond donors (Lipinski definition) is 1. The summed E-state index contributed by atoms with van der Waals surface area (Å²) < 4.78 is 0. The second-order valence-electron chi connectivity index (χ2n) is 8.24. The molecule has 1 aliphatic carbocycles. The van der Waals surface area contributed by atoms with Crippen LogP contribution in [0.25, 0.3) is 0 Å². The lowest BCUT2D eigenvalue weighted by atomic mass is 9.96. The lowest BCUT2D eigenvalue weighted by Gasteiger charge is -2.32. The van der Waals surface area contributed by atoms with E-state index in [-0.39, 0.29) is 5.78 Å². The summed E-state index contributed by atoms with van der Waals surface area (Å²) in [4.78, 5) is 13.9. The van der Waals surface area contributed by atoms with E-state index in [9.17, 15) is 4.79 Å². The maximum absolute atomic E-state index is 11.4. The van der Waals surface area contributed by atoms with Crippen molar-refractivity contribution < 1.29 is 4.79 Å². The Bertz CT molecular complexity index is 748. The van der Waals surface area contributed by atoms with Crippen LogP contribution >= 0.6 is 0 Å². The number of carbonyl (C=O) groups excluding carboxylic acids is 1. The summed E-state index contributed by atoms with van der Waals surface area (Å²) >= 11 is 0. The molecule has 1 saturated heterocycles.